The lowest BCUT2D eigenvalue weighted by Crippen LogP contribution is -2.28. The first-order valence-corrected chi connectivity index (χ1v) is 11.1. The average molecular weight is 397 g/mol. The second-order valence-corrected chi connectivity index (χ2v) is 8.92. The number of aromatic nitrogens is 3. The lowest BCUT2D eigenvalue weighted by atomic mass is 9.94. The summed E-state index contributed by atoms with van der Waals surface area (Å²) < 4.78 is 29.8. The van der Waals surface area contributed by atoms with E-state index in [2.05, 4.69) is 9.71 Å². The molecule has 0 saturated heterocycles. The van der Waals surface area contributed by atoms with Gasteiger partial charge in [0, 0.05) is 35.8 Å². The predicted molar refractivity (Wildman–Crippen MR) is 108 cm³/mol. The molecule has 0 unspecified atom stereocenters. The lowest BCUT2D eigenvalue weighted by molar-refractivity contribution is 0.538. The maximum Gasteiger partial charge on any atom is 0.240 e. The van der Waals surface area contributed by atoms with Gasteiger partial charge >= 0.3 is 0 Å². The maximum atomic E-state index is 12.5. The van der Waals surface area contributed by atoms with Crippen molar-refractivity contribution in [2.45, 2.75) is 44.0 Å². The van der Waals surface area contributed by atoms with Gasteiger partial charge < -0.3 is 0 Å². The van der Waals surface area contributed by atoms with E-state index in [0.717, 1.165) is 42.5 Å². The van der Waals surface area contributed by atoms with E-state index < -0.39 is 10.0 Å². The maximum absolute atomic E-state index is 12.5. The Labute approximate surface area is 165 Å². The first-order chi connectivity index (χ1) is 13.5. The number of rotatable bonds is 6. The van der Waals surface area contributed by atoms with Crippen LogP contribution < -0.4 is 4.72 Å². The second-order valence-electron chi connectivity index (χ2n) is 7.15. The molecular formula is C21H24N4O2S. The minimum Gasteiger partial charge on any atom is -0.267 e. The zero-order valence-corrected chi connectivity index (χ0v) is 16.7. The summed E-state index contributed by atoms with van der Waals surface area (Å²) in [5, 5.41) is 4.82. The Morgan fingerprint density at radius 2 is 1.89 bits per heavy atom. The number of benzene rings is 1. The topological polar surface area (TPSA) is 76.9 Å². The molecule has 0 aliphatic heterocycles. The quantitative estimate of drug-likeness (QED) is 0.695. The fraction of sp³-hybridized carbons (Fsp3) is 0.333. The van der Waals surface area contributed by atoms with Crippen LogP contribution >= 0.6 is 0 Å². The van der Waals surface area contributed by atoms with Crippen LogP contribution in [0.3, 0.4) is 0 Å². The molecule has 0 radical (unpaired) electrons. The third-order valence-corrected chi connectivity index (χ3v) is 6.58. The Bertz CT molecular complexity index is 1080. The van der Waals surface area contributed by atoms with Gasteiger partial charge in [0.2, 0.25) is 10.0 Å². The molecule has 1 aromatic carbocycles. The highest BCUT2D eigenvalue weighted by atomic mass is 32.2. The Morgan fingerprint density at radius 3 is 2.68 bits per heavy atom. The molecule has 0 bridgehead atoms. The van der Waals surface area contributed by atoms with E-state index in [4.69, 9.17) is 5.10 Å². The lowest BCUT2D eigenvalue weighted by Gasteiger charge is -2.14. The number of pyridine rings is 1. The molecule has 4 rings (SSSR count). The minimum atomic E-state index is -3.52. The molecule has 0 amide bonds. The molecule has 0 atom stereocenters. The Hall–Kier alpha value is -2.51. The van der Waals surface area contributed by atoms with Crippen molar-refractivity contribution < 1.29 is 8.42 Å². The smallest absolute Gasteiger partial charge is 0.240 e. The van der Waals surface area contributed by atoms with Gasteiger partial charge in [0.15, 0.2) is 0 Å². The van der Waals surface area contributed by atoms with Gasteiger partial charge in [0.05, 0.1) is 17.1 Å². The second kappa shape index (κ2) is 7.85. The van der Waals surface area contributed by atoms with Gasteiger partial charge in [-0.15, -0.1) is 0 Å². The molecular weight excluding hydrogens is 372 g/mol. The molecule has 1 aliphatic rings. The van der Waals surface area contributed by atoms with Crippen LogP contribution in [0.4, 0.5) is 0 Å². The summed E-state index contributed by atoms with van der Waals surface area (Å²) >= 11 is 0. The highest BCUT2D eigenvalue weighted by Gasteiger charge is 2.22. The van der Waals surface area contributed by atoms with Crippen LogP contribution in [-0.4, -0.2) is 29.7 Å². The van der Waals surface area contributed by atoms with Crippen molar-refractivity contribution in [1.29, 1.82) is 0 Å². The van der Waals surface area contributed by atoms with E-state index in [1.54, 1.807) is 30.6 Å². The largest absolute Gasteiger partial charge is 0.267 e. The van der Waals surface area contributed by atoms with E-state index in [0.29, 0.717) is 18.0 Å². The fourth-order valence-electron chi connectivity index (χ4n) is 3.75. The number of nitrogens with one attached hydrogen (secondary N) is 1. The summed E-state index contributed by atoms with van der Waals surface area (Å²) in [5.74, 6) is 0. The van der Waals surface area contributed by atoms with Crippen LogP contribution in [0.2, 0.25) is 0 Å². The van der Waals surface area contributed by atoms with Crippen LogP contribution in [0.25, 0.3) is 11.3 Å². The van der Waals surface area contributed by atoms with Gasteiger partial charge in [0.25, 0.3) is 0 Å². The molecule has 2 heterocycles. The number of sulfonamides is 1. The number of hydrogen-bond acceptors (Lipinski definition) is 4. The Morgan fingerprint density at radius 1 is 1.11 bits per heavy atom. The molecule has 0 spiro atoms. The van der Waals surface area contributed by atoms with Crippen molar-refractivity contribution in [3.8, 4) is 11.3 Å². The summed E-state index contributed by atoms with van der Waals surface area (Å²) in [7, 11) is -3.52. The van der Waals surface area contributed by atoms with Crippen LogP contribution in [0, 0.1) is 6.92 Å². The van der Waals surface area contributed by atoms with Crippen molar-refractivity contribution in [2.24, 2.45) is 0 Å². The monoisotopic (exact) mass is 396 g/mol. The first kappa shape index (κ1) is 18.8. The molecule has 7 heteroatoms. The van der Waals surface area contributed by atoms with Crippen molar-refractivity contribution >= 4 is 10.0 Å². The molecule has 146 valence electrons. The van der Waals surface area contributed by atoms with E-state index >= 15 is 0 Å². The third-order valence-electron chi connectivity index (χ3n) is 5.13. The Balaban J connectivity index is 1.53. The summed E-state index contributed by atoms with van der Waals surface area (Å²) in [6.07, 6.45) is 7.86. The van der Waals surface area contributed by atoms with Crippen molar-refractivity contribution in [1.82, 2.24) is 19.5 Å². The molecule has 28 heavy (non-hydrogen) atoms. The first-order valence-electron chi connectivity index (χ1n) is 9.60. The van der Waals surface area contributed by atoms with E-state index in [1.165, 1.54) is 11.3 Å². The van der Waals surface area contributed by atoms with Gasteiger partial charge in [-0.25, -0.2) is 13.1 Å². The van der Waals surface area contributed by atoms with E-state index in [1.807, 2.05) is 29.8 Å². The third kappa shape index (κ3) is 3.86. The van der Waals surface area contributed by atoms with Crippen molar-refractivity contribution in [2.75, 3.05) is 6.54 Å². The van der Waals surface area contributed by atoms with E-state index in [9.17, 15) is 8.42 Å². The molecule has 6 nitrogen and oxygen atoms in total. The predicted octanol–water partition coefficient (Wildman–Crippen LogP) is 3.11. The fourth-order valence-corrected chi connectivity index (χ4v) is 4.87. The summed E-state index contributed by atoms with van der Waals surface area (Å²) in [5.41, 5.74) is 5.50. The summed E-state index contributed by atoms with van der Waals surface area (Å²) in [6, 6.07) is 10.9. The average Bonchev–Trinajstić information content (AvgIpc) is 3.07. The molecule has 1 N–H and O–H groups in total. The number of hydrogen-bond donors (Lipinski definition) is 1. The van der Waals surface area contributed by atoms with Crippen LogP contribution in [-0.2, 0) is 29.4 Å². The van der Waals surface area contributed by atoms with Crippen LogP contribution in [0.15, 0.2) is 53.7 Å². The minimum absolute atomic E-state index is 0.299. The molecule has 0 fully saturated rings. The van der Waals surface area contributed by atoms with Gasteiger partial charge in [-0.05, 0) is 62.4 Å². The molecule has 2 aromatic heterocycles. The molecule has 1 aliphatic carbocycles. The normalized spacial score (nSPS) is 14.0. The van der Waals surface area contributed by atoms with Gasteiger partial charge in [-0.3, -0.25) is 9.67 Å². The zero-order chi connectivity index (χ0) is 19.6. The SMILES string of the molecule is Cc1cccc(S(=O)(=O)NCCn2nc(-c3ccncc3)c3c2CCCC3)c1. The van der Waals surface area contributed by atoms with Crippen molar-refractivity contribution in [3.63, 3.8) is 0 Å². The molecule has 0 saturated carbocycles. The number of aryl methyl sites for hydroxylation is 1. The molecule has 3 aromatic rings. The van der Waals surface area contributed by atoms with Crippen LogP contribution in [0.5, 0.6) is 0 Å². The number of fused-ring (bicyclic) bond motifs is 1. The number of nitrogens with zero attached hydrogens (tertiary/aromatic N) is 3. The highest BCUT2D eigenvalue weighted by Crippen LogP contribution is 2.30. The van der Waals surface area contributed by atoms with Crippen molar-refractivity contribution in [3.05, 3.63) is 65.6 Å². The zero-order valence-electron chi connectivity index (χ0n) is 15.9. The standard InChI is InChI=1S/C21H24N4O2S/c1-16-5-4-6-18(15-16)28(26,27)23-13-14-25-20-8-3-2-7-19(20)21(24-25)17-9-11-22-12-10-17/h4-6,9-12,15,23H,2-3,7-8,13-14H2,1H3. The van der Waals surface area contributed by atoms with Gasteiger partial charge in [0.1, 0.15) is 0 Å². The summed E-state index contributed by atoms with van der Waals surface area (Å²) in [6.45, 7) is 2.70. The Kier molecular flexibility index (Phi) is 5.28. The van der Waals surface area contributed by atoms with E-state index in [-0.39, 0.29) is 0 Å². The highest BCUT2D eigenvalue weighted by molar-refractivity contribution is 7.89. The van der Waals surface area contributed by atoms with Gasteiger partial charge in [-0.1, -0.05) is 12.1 Å². The van der Waals surface area contributed by atoms with Crippen LogP contribution in [0.1, 0.15) is 29.7 Å². The van der Waals surface area contributed by atoms with Gasteiger partial charge in [-0.2, -0.15) is 5.10 Å². The summed E-state index contributed by atoms with van der Waals surface area (Å²) in [4.78, 5) is 4.39.